The summed E-state index contributed by atoms with van der Waals surface area (Å²) >= 11 is 0. The number of aliphatic imine (C=N–C) groups is 1. The Kier molecular flexibility index (Phi) is 3.34. The molecule has 0 spiro atoms. The van der Waals surface area contributed by atoms with E-state index < -0.39 is 11.7 Å². The Balaban J connectivity index is 3.00. The molecule has 0 fully saturated rings. The van der Waals surface area contributed by atoms with Crippen LogP contribution < -0.4 is 5.32 Å². The first-order valence-electron chi connectivity index (χ1n) is 4.31. The number of hydrogen-bond donors (Lipinski definition) is 1. The molecule has 0 saturated carbocycles. The molecular formula is C10H11F3N2. The molecule has 0 bridgehead atoms. The van der Waals surface area contributed by atoms with E-state index in [2.05, 4.69) is 10.3 Å². The van der Waals surface area contributed by atoms with E-state index in [1.807, 2.05) is 0 Å². The first-order chi connectivity index (χ1) is 6.99. The molecule has 82 valence electrons. The van der Waals surface area contributed by atoms with Crippen molar-refractivity contribution in [3.05, 3.63) is 35.4 Å². The molecule has 1 rings (SSSR count). The van der Waals surface area contributed by atoms with E-state index in [0.29, 0.717) is 11.4 Å². The van der Waals surface area contributed by atoms with E-state index in [-0.39, 0.29) is 0 Å². The fraction of sp³-hybridized carbons (Fsp3) is 0.300. The summed E-state index contributed by atoms with van der Waals surface area (Å²) in [6, 6.07) is 4.86. The van der Waals surface area contributed by atoms with Crippen LogP contribution in [0.4, 0.5) is 13.2 Å². The molecule has 0 aromatic heterocycles. The van der Waals surface area contributed by atoms with Crippen molar-refractivity contribution in [1.82, 2.24) is 5.32 Å². The zero-order valence-corrected chi connectivity index (χ0v) is 8.39. The van der Waals surface area contributed by atoms with Crippen molar-refractivity contribution in [2.24, 2.45) is 4.99 Å². The van der Waals surface area contributed by atoms with Gasteiger partial charge in [-0.15, -0.1) is 0 Å². The van der Waals surface area contributed by atoms with Crippen molar-refractivity contribution in [3.8, 4) is 0 Å². The van der Waals surface area contributed by atoms with Gasteiger partial charge < -0.3 is 5.32 Å². The molecule has 15 heavy (non-hydrogen) atoms. The second-order valence-electron chi connectivity index (χ2n) is 2.90. The summed E-state index contributed by atoms with van der Waals surface area (Å²) in [7, 11) is 3.24. The number of nitrogens with zero attached hydrogens (tertiary/aromatic N) is 1. The van der Waals surface area contributed by atoms with Crippen LogP contribution in [0.3, 0.4) is 0 Å². The molecule has 0 heterocycles. The van der Waals surface area contributed by atoms with E-state index in [9.17, 15) is 13.2 Å². The van der Waals surface area contributed by atoms with Gasteiger partial charge in [-0.3, -0.25) is 4.99 Å². The molecule has 5 heteroatoms. The highest BCUT2D eigenvalue weighted by molar-refractivity contribution is 5.98. The van der Waals surface area contributed by atoms with Crippen LogP contribution >= 0.6 is 0 Å². The topological polar surface area (TPSA) is 24.4 Å². The Labute approximate surface area is 85.8 Å². The smallest absolute Gasteiger partial charge is 0.373 e. The SMILES string of the molecule is CN=C(NC)c1ccc(C(F)(F)F)cc1. The molecule has 0 aliphatic carbocycles. The number of amidine groups is 1. The molecule has 1 aromatic rings. The number of alkyl halides is 3. The van der Waals surface area contributed by atoms with Crippen LogP contribution in [0.25, 0.3) is 0 Å². The second kappa shape index (κ2) is 4.33. The molecule has 0 unspecified atom stereocenters. The zero-order valence-electron chi connectivity index (χ0n) is 8.39. The number of hydrogen-bond acceptors (Lipinski definition) is 1. The molecule has 0 aliphatic rings. The first kappa shape index (κ1) is 11.6. The summed E-state index contributed by atoms with van der Waals surface area (Å²) in [4.78, 5) is 3.89. The largest absolute Gasteiger partial charge is 0.416 e. The summed E-state index contributed by atoms with van der Waals surface area (Å²) < 4.78 is 36.7. The number of rotatable bonds is 1. The predicted molar refractivity (Wildman–Crippen MR) is 53.0 cm³/mol. The van der Waals surface area contributed by atoms with Gasteiger partial charge in [-0.25, -0.2) is 0 Å². The summed E-state index contributed by atoms with van der Waals surface area (Å²) in [5, 5.41) is 2.79. The van der Waals surface area contributed by atoms with E-state index >= 15 is 0 Å². The lowest BCUT2D eigenvalue weighted by atomic mass is 10.1. The summed E-state index contributed by atoms with van der Waals surface area (Å²) in [5.74, 6) is 0.559. The van der Waals surface area contributed by atoms with Crippen LogP contribution in [-0.2, 0) is 6.18 Å². The maximum absolute atomic E-state index is 12.2. The molecule has 0 atom stereocenters. The summed E-state index contributed by atoms with van der Waals surface area (Å²) in [6.45, 7) is 0. The van der Waals surface area contributed by atoms with Gasteiger partial charge >= 0.3 is 6.18 Å². The van der Waals surface area contributed by atoms with Gasteiger partial charge in [0.15, 0.2) is 0 Å². The average Bonchev–Trinajstić information content (AvgIpc) is 2.19. The maximum atomic E-state index is 12.2. The lowest BCUT2D eigenvalue weighted by Crippen LogP contribution is -2.19. The minimum absolute atomic E-state index is 0.559. The van der Waals surface area contributed by atoms with E-state index in [1.165, 1.54) is 12.1 Å². The average molecular weight is 216 g/mol. The lowest BCUT2D eigenvalue weighted by Gasteiger charge is -2.08. The third-order valence-corrected chi connectivity index (χ3v) is 1.95. The monoisotopic (exact) mass is 216 g/mol. The van der Waals surface area contributed by atoms with Gasteiger partial charge in [0, 0.05) is 19.7 Å². The van der Waals surface area contributed by atoms with Gasteiger partial charge in [0.1, 0.15) is 5.84 Å². The highest BCUT2D eigenvalue weighted by atomic mass is 19.4. The van der Waals surface area contributed by atoms with Crippen LogP contribution in [0.15, 0.2) is 29.3 Å². The first-order valence-corrected chi connectivity index (χ1v) is 4.31. The second-order valence-corrected chi connectivity index (χ2v) is 2.90. The Morgan fingerprint density at radius 2 is 1.73 bits per heavy atom. The summed E-state index contributed by atoms with van der Waals surface area (Å²) in [5.41, 5.74) is -0.0224. The van der Waals surface area contributed by atoms with Gasteiger partial charge in [0.25, 0.3) is 0 Å². The molecule has 2 nitrogen and oxygen atoms in total. The van der Waals surface area contributed by atoms with E-state index in [4.69, 9.17) is 0 Å². The molecule has 1 N–H and O–H groups in total. The van der Waals surface area contributed by atoms with E-state index in [0.717, 1.165) is 12.1 Å². The van der Waals surface area contributed by atoms with Gasteiger partial charge in [0.2, 0.25) is 0 Å². The fourth-order valence-corrected chi connectivity index (χ4v) is 1.20. The minimum atomic E-state index is -4.29. The quantitative estimate of drug-likeness (QED) is 0.565. The number of nitrogens with one attached hydrogen (secondary N) is 1. The molecule has 1 aromatic carbocycles. The van der Waals surface area contributed by atoms with Crippen molar-refractivity contribution in [3.63, 3.8) is 0 Å². The third-order valence-electron chi connectivity index (χ3n) is 1.95. The normalized spacial score (nSPS) is 12.7. The Morgan fingerprint density at radius 3 is 2.07 bits per heavy atom. The van der Waals surface area contributed by atoms with Gasteiger partial charge in [-0.2, -0.15) is 13.2 Å². The van der Waals surface area contributed by atoms with Crippen molar-refractivity contribution >= 4 is 5.84 Å². The van der Waals surface area contributed by atoms with Crippen molar-refractivity contribution in [2.45, 2.75) is 6.18 Å². The van der Waals surface area contributed by atoms with Crippen LogP contribution in [-0.4, -0.2) is 19.9 Å². The number of halogens is 3. The third kappa shape index (κ3) is 2.71. The van der Waals surface area contributed by atoms with Crippen molar-refractivity contribution < 1.29 is 13.2 Å². The zero-order chi connectivity index (χ0) is 11.5. The van der Waals surface area contributed by atoms with Crippen LogP contribution in [0.5, 0.6) is 0 Å². The summed E-state index contributed by atoms with van der Waals surface area (Å²) in [6.07, 6.45) is -4.29. The standard InChI is InChI=1S/C10H11F3N2/c1-14-9(15-2)7-3-5-8(6-4-7)10(11,12)13/h3-6H,1-2H3,(H,14,15). The molecule has 0 radical (unpaired) electrons. The number of benzene rings is 1. The van der Waals surface area contributed by atoms with Gasteiger partial charge in [-0.1, -0.05) is 12.1 Å². The Bertz CT molecular complexity index is 352. The van der Waals surface area contributed by atoms with Crippen LogP contribution in [0.1, 0.15) is 11.1 Å². The van der Waals surface area contributed by atoms with E-state index in [1.54, 1.807) is 14.1 Å². The minimum Gasteiger partial charge on any atom is -0.373 e. The van der Waals surface area contributed by atoms with Crippen molar-refractivity contribution in [1.29, 1.82) is 0 Å². The van der Waals surface area contributed by atoms with Gasteiger partial charge in [-0.05, 0) is 12.1 Å². The maximum Gasteiger partial charge on any atom is 0.416 e. The van der Waals surface area contributed by atoms with Gasteiger partial charge in [0.05, 0.1) is 5.56 Å². The van der Waals surface area contributed by atoms with Crippen LogP contribution in [0, 0.1) is 0 Å². The lowest BCUT2D eigenvalue weighted by molar-refractivity contribution is -0.137. The molecule has 0 aliphatic heterocycles. The fourth-order valence-electron chi connectivity index (χ4n) is 1.20. The highest BCUT2D eigenvalue weighted by Gasteiger charge is 2.29. The van der Waals surface area contributed by atoms with Crippen molar-refractivity contribution in [2.75, 3.05) is 14.1 Å². The molecule has 0 saturated heterocycles. The predicted octanol–water partition coefficient (Wildman–Crippen LogP) is 2.30. The Hall–Kier alpha value is -1.52. The van der Waals surface area contributed by atoms with Crippen LogP contribution in [0.2, 0.25) is 0 Å². The Morgan fingerprint density at radius 1 is 1.20 bits per heavy atom. The molecular weight excluding hydrogens is 205 g/mol. The highest BCUT2D eigenvalue weighted by Crippen LogP contribution is 2.28. The molecule has 0 amide bonds.